The number of hydrogen-bond acceptors (Lipinski definition) is 3. The highest BCUT2D eigenvalue weighted by atomic mass is 16.2. The largest absolute Gasteiger partial charge is 0.345 e. The van der Waals surface area contributed by atoms with Crippen LogP contribution in [0.4, 0.5) is 0 Å². The zero-order valence-corrected chi connectivity index (χ0v) is 11.7. The lowest BCUT2D eigenvalue weighted by Crippen LogP contribution is -2.44. The van der Waals surface area contributed by atoms with Gasteiger partial charge >= 0.3 is 0 Å². The predicted molar refractivity (Wildman–Crippen MR) is 70.9 cm³/mol. The Kier molecular flexibility index (Phi) is 5.92. The van der Waals surface area contributed by atoms with Crippen LogP contribution in [-0.2, 0) is 4.79 Å². The van der Waals surface area contributed by atoms with E-state index in [4.69, 9.17) is 0 Å². The molecule has 2 atom stereocenters. The van der Waals surface area contributed by atoms with Crippen molar-refractivity contribution in [2.24, 2.45) is 11.8 Å². The average Bonchev–Trinajstić information content (AvgIpc) is 2.27. The molecule has 1 fully saturated rings. The molecule has 17 heavy (non-hydrogen) atoms. The summed E-state index contributed by atoms with van der Waals surface area (Å²) in [5.74, 6) is 1.11. The van der Waals surface area contributed by atoms with Crippen LogP contribution in [0.2, 0.25) is 0 Å². The molecule has 1 aliphatic heterocycles. The van der Waals surface area contributed by atoms with Gasteiger partial charge in [-0.1, -0.05) is 6.92 Å². The number of carbonyl (C=O) groups is 1. The van der Waals surface area contributed by atoms with E-state index in [1.807, 2.05) is 11.9 Å². The zero-order valence-electron chi connectivity index (χ0n) is 11.7. The maximum atomic E-state index is 12.2. The first-order valence-corrected chi connectivity index (χ1v) is 6.61. The normalized spacial score (nSPS) is 25.0. The van der Waals surface area contributed by atoms with E-state index in [1.54, 1.807) is 0 Å². The van der Waals surface area contributed by atoms with Crippen LogP contribution in [0.5, 0.6) is 0 Å². The Bertz CT molecular complexity index is 243. The van der Waals surface area contributed by atoms with Crippen LogP contribution in [0.3, 0.4) is 0 Å². The molecule has 4 nitrogen and oxygen atoms in total. The Balaban J connectivity index is 2.30. The van der Waals surface area contributed by atoms with Crippen LogP contribution in [0, 0.1) is 11.8 Å². The second-order valence-electron chi connectivity index (χ2n) is 5.61. The second kappa shape index (κ2) is 6.97. The quantitative estimate of drug-likeness (QED) is 0.767. The van der Waals surface area contributed by atoms with Crippen molar-refractivity contribution in [1.82, 2.24) is 15.1 Å². The first-order chi connectivity index (χ1) is 8.00. The van der Waals surface area contributed by atoms with Crippen molar-refractivity contribution >= 4 is 5.91 Å². The summed E-state index contributed by atoms with van der Waals surface area (Å²) < 4.78 is 0. The topological polar surface area (TPSA) is 35.6 Å². The summed E-state index contributed by atoms with van der Waals surface area (Å²) in [6.45, 7) is 6.01. The van der Waals surface area contributed by atoms with Crippen LogP contribution < -0.4 is 5.32 Å². The van der Waals surface area contributed by atoms with Crippen LogP contribution in [0.25, 0.3) is 0 Å². The van der Waals surface area contributed by atoms with Crippen molar-refractivity contribution in [3.8, 4) is 0 Å². The SMILES string of the molecule is CC1CNCC(C(=O)N(C)CCCN(C)C)C1. The van der Waals surface area contributed by atoms with Crippen molar-refractivity contribution < 1.29 is 4.79 Å². The fourth-order valence-corrected chi connectivity index (χ4v) is 2.39. The minimum Gasteiger partial charge on any atom is -0.345 e. The molecule has 0 radical (unpaired) electrons. The minimum atomic E-state index is 0.183. The fourth-order valence-electron chi connectivity index (χ4n) is 2.39. The molecular weight excluding hydrogens is 214 g/mol. The molecule has 1 rings (SSSR count). The van der Waals surface area contributed by atoms with Gasteiger partial charge in [-0.15, -0.1) is 0 Å². The molecule has 0 saturated carbocycles. The molecule has 1 aliphatic rings. The van der Waals surface area contributed by atoms with Gasteiger partial charge in [0.25, 0.3) is 0 Å². The number of carbonyl (C=O) groups excluding carboxylic acids is 1. The van der Waals surface area contributed by atoms with Gasteiger partial charge in [0, 0.05) is 20.1 Å². The minimum absolute atomic E-state index is 0.183. The first-order valence-electron chi connectivity index (χ1n) is 6.61. The van der Waals surface area contributed by atoms with E-state index in [0.29, 0.717) is 11.8 Å². The molecule has 0 aromatic heterocycles. The lowest BCUT2D eigenvalue weighted by molar-refractivity contribution is -0.135. The van der Waals surface area contributed by atoms with Gasteiger partial charge in [-0.3, -0.25) is 4.79 Å². The maximum absolute atomic E-state index is 12.2. The molecule has 1 saturated heterocycles. The molecule has 1 heterocycles. The lowest BCUT2D eigenvalue weighted by Gasteiger charge is -2.30. The van der Waals surface area contributed by atoms with Gasteiger partial charge in [-0.05, 0) is 45.9 Å². The highest BCUT2D eigenvalue weighted by molar-refractivity contribution is 5.78. The lowest BCUT2D eigenvalue weighted by atomic mass is 9.91. The number of rotatable bonds is 5. The zero-order chi connectivity index (χ0) is 12.8. The smallest absolute Gasteiger partial charge is 0.226 e. The summed E-state index contributed by atoms with van der Waals surface area (Å²) in [4.78, 5) is 16.2. The standard InChI is InChI=1S/C13H27N3O/c1-11-8-12(10-14-9-11)13(17)16(4)7-5-6-15(2)3/h11-12,14H,5-10H2,1-4H3. The highest BCUT2D eigenvalue weighted by Gasteiger charge is 2.26. The van der Waals surface area contributed by atoms with Crippen molar-refractivity contribution in [3.63, 3.8) is 0 Å². The number of nitrogens with zero attached hydrogens (tertiary/aromatic N) is 2. The van der Waals surface area contributed by atoms with Gasteiger partial charge in [-0.25, -0.2) is 0 Å². The van der Waals surface area contributed by atoms with Gasteiger partial charge < -0.3 is 15.1 Å². The van der Waals surface area contributed by atoms with E-state index < -0.39 is 0 Å². The maximum Gasteiger partial charge on any atom is 0.226 e. The Morgan fingerprint density at radius 3 is 2.53 bits per heavy atom. The number of hydrogen-bond donors (Lipinski definition) is 1. The van der Waals surface area contributed by atoms with Crippen LogP contribution in [0.1, 0.15) is 19.8 Å². The second-order valence-corrected chi connectivity index (χ2v) is 5.61. The van der Waals surface area contributed by atoms with Crippen molar-refractivity contribution in [2.45, 2.75) is 19.8 Å². The molecule has 4 heteroatoms. The molecule has 2 unspecified atom stereocenters. The Hall–Kier alpha value is -0.610. The molecule has 1 N–H and O–H groups in total. The molecule has 0 bridgehead atoms. The third-order valence-corrected chi connectivity index (χ3v) is 3.39. The first kappa shape index (κ1) is 14.5. The Labute approximate surface area is 105 Å². The van der Waals surface area contributed by atoms with E-state index in [1.165, 1.54) is 0 Å². The Morgan fingerprint density at radius 2 is 1.94 bits per heavy atom. The molecular formula is C13H27N3O. The average molecular weight is 241 g/mol. The molecule has 0 spiro atoms. The van der Waals surface area contributed by atoms with Crippen molar-refractivity contribution in [3.05, 3.63) is 0 Å². The van der Waals surface area contributed by atoms with Gasteiger partial charge in [0.1, 0.15) is 0 Å². The number of amides is 1. The monoisotopic (exact) mass is 241 g/mol. The summed E-state index contributed by atoms with van der Waals surface area (Å²) in [6.07, 6.45) is 2.08. The Morgan fingerprint density at radius 1 is 1.24 bits per heavy atom. The van der Waals surface area contributed by atoms with Gasteiger partial charge in [-0.2, -0.15) is 0 Å². The summed E-state index contributed by atoms with van der Waals surface area (Å²) in [5, 5.41) is 3.34. The fraction of sp³-hybridized carbons (Fsp3) is 0.923. The summed E-state index contributed by atoms with van der Waals surface area (Å²) >= 11 is 0. The summed E-state index contributed by atoms with van der Waals surface area (Å²) in [6, 6.07) is 0. The van der Waals surface area contributed by atoms with Crippen LogP contribution in [0.15, 0.2) is 0 Å². The van der Waals surface area contributed by atoms with Gasteiger partial charge in [0.15, 0.2) is 0 Å². The number of nitrogens with one attached hydrogen (secondary N) is 1. The van der Waals surface area contributed by atoms with Crippen LogP contribution in [-0.4, -0.2) is 63.0 Å². The van der Waals surface area contributed by atoms with E-state index in [-0.39, 0.29) is 5.92 Å². The molecule has 0 aromatic rings. The van der Waals surface area contributed by atoms with Crippen LogP contribution >= 0.6 is 0 Å². The summed E-state index contributed by atoms with van der Waals surface area (Å²) in [5.41, 5.74) is 0. The van der Waals surface area contributed by atoms with E-state index >= 15 is 0 Å². The number of piperidine rings is 1. The van der Waals surface area contributed by atoms with E-state index in [9.17, 15) is 4.79 Å². The predicted octanol–water partition coefficient (Wildman–Crippen LogP) is 0.642. The third kappa shape index (κ3) is 5.04. The third-order valence-electron chi connectivity index (χ3n) is 3.39. The molecule has 0 aromatic carbocycles. The van der Waals surface area contributed by atoms with E-state index in [2.05, 4.69) is 31.2 Å². The van der Waals surface area contributed by atoms with Crippen molar-refractivity contribution in [2.75, 3.05) is 47.3 Å². The molecule has 100 valence electrons. The molecule has 1 amide bonds. The highest BCUT2D eigenvalue weighted by Crippen LogP contribution is 2.17. The van der Waals surface area contributed by atoms with Gasteiger partial charge in [0.2, 0.25) is 5.91 Å². The molecule has 0 aliphatic carbocycles. The van der Waals surface area contributed by atoms with E-state index in [0.717, 1.165) is 39.0 Å². The van der Waals surface area contributed by atoms with Gasteiger partial charge in [0.05, 0.1) is 5.92 Å². The summed E-state index contributed by atoms with van der Waals surface area (Å²) in [7, 11) is 6.06. The van der Waals surface area contributed by atoms with Crippen molar-refractivity contribution in [1.29, 1.82) is 0 Å².